The molecule has 0 saturated heterocycles. The summed E-state index contributed by atoms with van der Waals surface area (Å²) in [5, 5.41) is 2.89. The summed E-state index contributed by atoms with van der Waals surface area (Å²) < 4.78 is 28.5. The van der Waals surface area contributed by atoms with Crippen LogP contribution in [0.5, 0.6) is 0 Å². The second kappa shape index (κ2) is 13.1. The average Bonchev–Trinajstić information content (AvgIpc) is 2.91. The zero-order valence-electron chi connectivity index (χ0n) is 21.6. The highest BCUT2D eigenvalue weighted by molar-refractivity contribution is 7.92. The molecule has 0 heterocycles. The van der Waals surface area contributed by atoms with Gasteiger partial charge in [-0.15, -0.1) is 0 Å². The molecule has 7 nitrogen and oxygen atoms in total. The first kappa shape index (κ1) is 27.9. The second-order valence-corrected chi connectivity index (χ2v) is 10.9. The molecule has 0 aliphatic rings. The van der Waals surface area contributed by atoms with Crippen molar-refractivity contribution in [2.75, 3.05) is 17.4 Å². The lowest BCUT2D eigenvalue weighted by Gasteiger charge is -2.32. The third-order valence-corrected chi connectivity index (χ3v) is 7.91. The first-order chi connectivity index (χ1) is 17.7. The van der Waals surface area contributed by atoms with Crippen molar-refractivity contribution in [2.24, 2.45) is 0 Å². The van der Waals surface area contributed by atoms with Gasteiger partial charge in [-0.25, -0.2) is 8.42 Å². The molecule has 0 bridgehead atoms. The van der Waals surface area contributed by atoms with Crippen molar-refractivity contribution in [3.8, 4) is 0 Å². The van der Waals surface area contributed by atoms with Crippen LogP contribution < -0.4 is 9.62 Å². The molecule has 3 aromatic rings. The molecule has 2 amide bonds. The van der Waals surface area contributed by atoms with E-state index >= 15 is 0 Å². The number of anilines is 1. The van der Waals surface area contributed by atoms with Crippen molar-refractivity contribution in [2.45, 2.75) is 51.1 Å². The number of sulfonamides is 1. The number of benzene rings is 3. The highest BCUT2D eigenvalue weighted by atomic mass is 32.2. The van der Waals surface area contributed by atoms with Gasteiger partial charge in [0.05, 0.1) is 10.6 Å². The van der Waals surface area contributed by atoms with E-state index in [0.717, 1.165) is 28.3 Å². The Labute approximate surface area is 220 Å². The van der Waals surface area contributed by atoms with Gasteiger partial charge in [0.2, 0.25) is 11.8 Å². The normalized spacial score (nSPS) is 12.0. The Morgan fingerprint density at radius 2 is 1.49 bits per heavy atom. The number of hydrogen-bond acceptors (Lipinski definition) is 4. The quantitative estimate of drug-likeness (QED) is 0.355. The minimum absolute atomic E-state index is 0.0923. The average molecular weight is 522 g/mol. The molecule has 0 aliphatic carbocycles. The lowest BCUT2D eigenvalue weighted by atomic mass is 10.1. The van der Waals surface area contributed by atoms with Crippen LogP contribution in [0, 0.1) is 6.92 Å². The number of amides is 2. The number of carbonyl (C=O) groups excluding carboxylic acids is 2. The summed E-state index contributed by atoms with van der Waals surface area (Å²) in [6, 6.07) is 23.6. The van der Waals surface area contributed by atoms with E-state index in [4.69, 9.17) is 0 Å². The zero-order chi connectivity index (χ0) is 26.8. The third-order valence-electron chi connectivity index (χ3n) is 6.12. The highest BCUT2D eigenvalue weighted by Gasteiger charge is 2.32. The molecule has 0 spiro atoms. The van der Waals surface area contributed by atoms with Crippen LogP contribution in [0.25, 0.3) is 0 Å². The number of para-hydroxylation sites is 1. The van der Waals surface area contributed by atoms with Gasteiger partial charge in [-0.05, 0) is 50.1 Å². The predicted octanol–water partition coefficient (Wildman–Crippen LogP) is 4.52. The summed E-state index contributed by atoms with van der Waals surface area (Å²) in [5.41, 5.74) is 2.14. The van der Waals surface area contributed by atoms with Gasteiger partial charge in [0.1, 0.15) is 12.6 Å². The first-order valence-electron chi connectivity index (χ1n) is 12.5. The van der Waals surface area contributed by atoms with Crippen LogP contribution in [0.2, 0.25) is 0 Å². The Morgan fingerprint density at radius 1 is 0.892 bits per heavy atom. The van der Waals surface area contributed by atoms with E-state index in [0.29, 0.717) is 12.2 Å². The van der Waals surface area contributed by atoms with Gasteiger partial charge in [-0.2, -0.15) is 0 Å². The number of hydrogen-bond donors (Lipinski definition) is 1. The molecular formula is C29H35N3O4S. The minimum atomic E-state index is -4.05. The van der Waals surface area contributed by atoms with E-state index in [1.165, 1.54) is 17.0 Å². The highest BCUT2D eigenvalue weighted by Crippen LogP contribution is 2.24. The molecule has 3 aromatic carbocycles. The van der Waals surface area contributed by atoms with Crippen molar-refractivity contribution in [3.05, 3.63) is 96.1 Å². The predicted molar refractivity (Wildman–Crippen MR) is 147 cm³/mol. The van der Waals surface area contributed by atoms with Crippen molar-refractivity contribution < 1.29 is 18.0 Å². The molecule has 1 N–H and O–H groups in total. The molecule has 1 atom stereocenters. The van der Waals surface area contributed by atoms with Crippen LogP contribution in [-0.4, -0.2) is 44.3 Å². The molecule has 3 rings (SSSR count). The zero-order valence-corrected chi connectivity index (χ0v) is 22.4. The lowest BCUT2D eigenvalue weighted by molar-refractivity contribution is -0.139. The summed E-state index contributed by atoms with van der Waals surface area (Å²) in [5.74, 6) is -0.744. The summed E-state index contributed by atoms with van der Waals surface area (Å²) >= 11 is 0. The maximum absolute atomic E-state index is 13.8. The third kappa shape index (κ3) is 7.43. The maximum atomic E-state index is 13.8. The van der Waals surface area contributed by atoms with E-state index in [-0.39, 0.29) is 17.3 Å². The van der Waals surface area contributed by atoms with E-state index < -0.39 is 28.5 Å². The number of nitrogens with zero attached hydrogens (tertiary/aromatic N) is 2. The molecule has 37 heavy (non-hydrogen) atoms. The summed E-state index contributed by atoms with van der Waals surface area (Å²) in [4.78, 5) is 28.2. The SMILES string of the molecule is CCCCNC(=O)[C@H](C)N(Cc1ccccc1)C(=O)CN(c1ccccc1)S(=O)(=O)c1ccc(C)cc1. The number of aryl methyl sites for hydroxylation is 1. The van der Waals surface area contributed by atoms with Gasteiger partial charge in [-0.1, -0.05) is 79.6 Å². The molecule has 0 unspecified atom stereocenters. The van der Waals surface area contributed by atoms with Crippen molar-refractivity contribution in [3.63, 3.8) is 0 Å². The second-order valence-electron chi connectivity index (χ2n) is 8.99. The Morgan fingerprint density at radius 3 is 2.08 bits per heavy atom. The maximum Gasteiger partial charge on any atom is 0.264 e. The number of nitrogens with one attached hydrogen (secondary N) is 1. The van der Waals surface area contributed by atoms with E-state index in [1.807, 2.05) is 44.2 Å². The summed E-state index contributed by atoms with van der Waals surface area (Å²) in [7, 11) is -4.05. The summed E-state index contributed by atoms with van der Waals surface area (Å²) in [6.45, 7) is 5.83. The van der Waals surface area contributed by atoms with Gasteiger partial charge in [0, 0.05) is 13.1 Å². The molecule has 8 heteroatoms. The van der Waals surface area contributed by atoms with Crippen LogP contribution in [0.1, 0.15) is 37.8 Å². The van der Waals surface area contributed by atoms with Gasteiger partial charge >= 0.3 is 0 Å². The van der Waals surface area contributed by atoms with Crippen molar-refractivity contribution >= 4 is 27.5 Å². The minimum Gasteiger partial charge on any atom is -0.354 e. The lowest BCUT2D eigenvalue weighted by Crippen LogP contribution is -2.51. The molecule has 0 aromatic heterocycles. The largest absolute Gasteiger partial charge is 0.354 e. The fraction of sp³-hybridized carbons (Fsp3) is 0.310. The van der Waals surface area contributed by atoms with Crippen LogP contribution in [-0.2, 0) is 26.2 Å². The van der Waals surface area contributed by atoms with E-state index in [2.05, 4.69) is 5.32 Å². The molecule has 0 radical (unpaired) electrons. The van der Waals surface area contributed by atoms with E-state index in [9.17, 15) is 18.0 Å². The summed E-state index contributed by atoms with van der Waals surface area (Å²) in [6.07, 6.45) is 1.77. The molecular weight excluding hydrogens is 486 g/mol. The van der Waals surface area contributed by atoms with Crippen LogP contribution in [0.4, 0.5) is 5.69 Å². The van der Waals surface area contributed by atoms with Crippen LogP contribution in [0.3, 0.4) is 0 Å². The van der Waals surface area contributed by atoms with E-state index in [1.54, 1.807) is 49.4 Å². The molecule has 0 saturated carbocycles. The Hall–Kier alpha value is -3.65. The number of rotatable bonds is 12. The Bertz CT molecular complexity index is 1260. The number of unbranched alkanes of at least 4 members (excludes halogenated alkanes) is 1. The fourth-order valence-corrected chi connectivity index (χ4v) is 5.27. The number of carbonyl (C=O) groups is 2. The Balaban J connectivity index is 1.95. The standard InChI is InChI=1S/C29H35N3O4S/c1-4-5-20-30-29(34)24(3)31(21-25-12-8-6-9-13-25)28(33)22-32(26-14-10-7-11-15-26)37(35,36)27-18-16-23(2)17-19-27/h6-19,24H,4-5,20-22H2,1-3H3,(H,30,34)/t24-/m0/s1. The monoisotopic (exact) mass is 521 g/mol. The Kier molecular flexibility index (Phi) is 9.85. The smallest absolute Gasteiger partial charge is 0.264 e. The molecule has 196 valence electrons. The topological polar surface area (TPSA) is 86.8 Å². The van der Waals surface area contributed by atoms with Gasteiger partial charge in [0.25, 0.3) is 10.0 Å². The fourth-order valence-electron chi connectivity index (χ4n) is 3.86. The molecule has 0 aliphatic heterocycles. The van der Waals surface area contributed by atoms with Crippen molar-refractivity contribution in [1.82, 2.24) is 10.2 Å². The van der Waals surface area contributed by atoms with Crippen LogP contribution >= 0.6 is 0 Å². The van der Waals surface area contributed by atoms with Gasteiger partial charge in [0.15, 0.2) is 0 Å². The van der Waals surface area contributed by atoms with Gasteiger partial charge in [-0.3, -0.25) is 13.9 Å². The van der Waals surface area contributed by atoms with Crippen molar-refractivity contribution in [1.29, 1.82) is 0 Å². The van der Waals surface area contributed by atoms with Gasteiger partial charge < -0.3 is 10.2 Å². The first-order valence-corrected chi connectivity index (χ1v) is 13.9. The molecule has 0 fully saturated rings. The van der Waals surface area contributed by atoms with Crippen LogP contribution in [0.15, 0.2) is 89.8 Å².